The number of rotatable bonds is 6. The minimum absolute atomic E-state index is 0.258. The first-order valence-electron chi connectivity index (χ1n) is 7.84. The van der Waals surface area contributed by atoms with E-state index in [4.69, 9.17) is 4.74 Å². The number of ether oxygens (including phenoxy) is 1. The zero-order chi connectivity index (χ0) is 19.1. The Bertz CT molecular complexity index is 844. The van der Waals surface area contributed by atoms with Crippen molar-refractivity contribution in [1.82, 2.24) is 15.2 Å². The van der Waals surface area contributed by atoms with Crippen molar-refractivity contribution in [2.45, 2.75) is 33.0 Å². The number of nitrogens with one attached hydrogen (secondary N) is 2. The van der Waals surface area contributed by atoms with E-state index in [1.165, 1.54) is 11.5 Å². The molecule has 26 heavy (non-hydrogen) atoms. The van der Waals surface area contributed by atoms with Crippen LogP contribution < -0.4 is 15.5 Å². The first-order valence-corrected chi connectivity index (χ1v) is 8.72. The summed E-state index contributed by atoms with van der Waals surface area (Å²) in [6.07, 6.45) is -1.17. The third-order valence-electron chi connectivity index (χ3n) is 3.47. The fourth-order valence-electron chi connectivity index (χ4n) is 2.05. The molecule has 0 saturated carbocycles. The summed E-state index contributed by atoms with van der Waals surface area (Å²) in [7, 11) is 0. The van der Waals surface area contributed by atoms with E-state index in [9.17, 15) is 19.2 Å². The third kappa shape index (κ3) is 5.55. The van der Waals surface area contributed by atoms with Gasteiger partial charge < -0.3 is 10.1 Å². The summed E-state index contributed by atoms with van der Waals surface area (Å²) >= 11 is 0.978. The van der Waals surface area contributed by atoms with Gasteiger partial charge in [0.1, 0.15) is 6.54 Å². The van der Waals surface area contributed by atoms with Gasteiger partial charge in [0.25, 0.3) is 5.91 Å². The van der Waals surface area contributed by atoms with E-state index in [1.807, 2.05) is 30.3 Å². The molecule has 0 saturated heterocycles. The Morgan fingerprint density at radius 3 is 2.54 bits per heavy atom. The maximum atomic E-state index is 11.9. The highest BCUT2D eigenvalue weighted by Crippen LogP contribution is 2.01. The average molecular weight is 377 g/mol. The molecule has 138 valence electrons. The predicted molar refractivity (Wildman–Crippen MR) is 95.7 cm³/mol. The van der Waals surface area contributed by atoms with E-state index in [-0.39, 0.29) is 18.0 Å². The Kier molecular flexibility index (Phi) is 6.67. The number of carbonyl (C=O) groups excluding carboxylic acids is 3. The van der Waals surface area contributed by atoms with Crippen molar-refractivity contribution in [2.24, 2.45) is 0 Å². The number of urea groups is 1. The molecule has 1 atom stereocenters. The largest absolute Gasteiger partial charge is 0.451 e. The number of aryl methyl sites for hydroxylation is 1. The molecule has 0 aliphatic heterocycles. The van der Waals surface area contributed by atoms with Gasteiger partial charge in [0.2, 0.25) is 0 Å². The first kappa shape index (κ1) is 19.4. The number of carbonyl (C=O) groups is 3. The molecule has 8 nitrogen and oxygen atoms in total. The Morgan fingerprint density at radius 2 is 1.92 bits per heavy atom. The summed E-state index contributed by atoms with van der Waals surface area (Å²) in [5.74, 6) is -1.49. The summed E-state index contributed by atoms with van der Waals surface area (Å²) in [6, 6.07) is 8.51. The minimum Gasteiger partial charge on any atom is -0.451 e. The molecule has 0 fully saturated rings. The molecule has 2 rings (SSSR count). The van der Waals surface area contributed by atoms with Gasteiger partial charge in [-0.25, -0.2) is 4.79 Å². The molecule has 1 aromatic carbocycles. The number of amides is 3. The zero-order valence-electron chi connectivity index (χ0n) is 14.4. The van der Waals surface area contributed by atoms with Crippen molar-refractivity contribution in [2.75, 3.05) is 0 Å². The second-order valence-corrected chi connectivity index (χ2v) is 6.34. The van der Waals surface area contributed by atoms with Crippen LogP contribution in [0.5, 0.6) is 0 Å². The fourth-order valence-corrected chi connectivity index (χ4v) is 2.78. The van der Waals surface area contributed by atoms with Crippen molar-refractivity contribution >= 4 is 29.2 Å². The van der Waals surface area contributed by atoms with Crippen molar-refractivity contribution in [1.29, 1.82) is 0 Å². The van der Waals surface area contributed by atoms with E-state index in [2.05, 4.69) is 10.6 Å². The van der Waals surface area contributed by atoms with Gasteiger partial charge in [-0.15, -0.1) is 0 Å². The molecular weight excluding hydrogens is 358 g/mol. The predicted octanol–water partition coefficient (Wildman–Crippen LogP) is 1.18. The van der Waals surface area contributed by atoms with Crippen molar-refractivity contribution in [3.8, 4) is 0 Å². The zero-order valence-corrected chi connectivity index (χ0v) is 15.2. The Labute approximate surface area is 153 Å². The van der Waals surface area contributed by atoms with E-state index in [0.717, 1.165) is 16.9 Å². The molecule has 9 heteroatoms. The smallest absolute Gasteiger partial charge is 0.326 e. The van der Waals surface area contributed by atoms with Crippen LogP contribution in [-0.4, -0.2) is 28.6 Å². The normalized spacial score (nSPS) is 11.5. The van der Waals surface area contributed by atoms with Gasteiger partial charge in [-0.3, -0.25) is 24.3 Å². The highest BCUT2D eigenvalue weighted by atomic mass is 32.1. The Morgan fingerprint density at radius 1 is 1.23 bits per heavy atom. The lowest BCUT2D eigenvalue weighted by Gasteiger charge is -2.14. The van der Waals surface area contributed by atoms with Crippen LogP contribution in [0.2, 0.25) is 0 Å². The molecule has 0 aliphatic rings. The monoisotopic (exact) mass is 377 g/mol. The summed E-state index contributed by atoms with van der Waals surface area (Å²) < 4.78 is 6.23. The maximum Gasteiger partial charge on any atom is 0.326 e. The van der Waals surface area contributed by atoms with E-state index in [0.29, 0.717) is 5.69 Å². The minimum atomic E-state index is -1.17. The van der Waals surface area contributed by atoms with Gasteiger partial charge >= 0.3 is 16.9 Å². The summed E-state index contributed by atoms with van der Waals surface area (Å²) in [5, 5.41) is 6.27. The van der Waals surface area contributed by atoms with Gasteiger partial charge in [0.15, 0.2) is 6.10 Å². The number of hydrogen-bond donors (Lipinski definition) is 2. The van der Waals surface area contributed by atoms with Crippen LogP contribution >= 0.6 is 11.3 Å². The van der Waals surface area contributed by atoms with E-state index < -0.39 is 24.0 Å². The van der Waals surface area contributed by atoms with Gasteiger partial charge in [0.05, 0.1) is 0 Å². The Hall–Kier alpha value is -2.94. The highest BCUT2D eigenvalue weighted by Gasteiger charge is 2.20. The SMILES string of the molecule is Cc1csc(=O)n1CC(=O)O[C@H](C)C(=O)NC(=O)NCc1ccccc1. The molecule has 0 radical (unpaired) electrons. The fraction of sp³-hybridized carbons (Fsp3) is 0.294. The molecular formula is C17H19N3O5S. The van der Waals surface area contributed by atoms with Crippen LogP contribution in [0.3, 0.4) is 0 Å². The van der Waals surface area contributed by atoms with Crippen LogP contribution in [0.4, 0.5) is 4.79 Å². The van der Waals surface area contributed by atoms with Crippen molar-refractivity contribution in [3.63, 3.8) is 0 Å². The molecule has 0 bridgehead atoms. The molecule has 0 aliphatic carbocycles. The summed E-state index contributed by atoms with van der Waals surface area (Å²) in [6.45, 7) is 3.01. The number of hydrogen-bond acceptors (Lipinski definition) is 6. The molecule has 1 heterocycles. The van der Waals surface area contributed by atoms with Gasteiger partial charge in [-0.2, -0.15) is 0 Å². The molecule has 3 amide bonds. The van der Waals surface area contributed by atoms with E-state index in [1.54, 1.807) is 12.3 Å². The molecule has 0 spiro atoms. The molecule has 2 aromatic rings. The second kappa shape index (κ2) is 8.95. The standard InChI is InChI=1S/C17H19N3O5S/c1-11-10-26-17(24)20(11)9-14(21)25-12(2)15(22)19-16(23)18-8-13-6-4-3-5-7-13/h3-7,10,12H,8-9H2,1-2H3,(H2,18,19,22,23)/t12-/m1/s1. The van der Waals surface area contributed by atoms with Crippen LogP contribution in [0.25, 0.3) is 0 Å². The topological polar surface area (TPSA) is 106 Å². The highest BCUT2D eigenvalue weighted by molar-refractivity contribution is 7.07. The quantitative estimate of drug-likeness (QED) is 0.735. The summed E-state index contributed by atoms with van der Waals surface area (Å²) in [5.41, 5.74) is 1.51. The van der Waals surface area contributed by atoms with Gasteiger partial charge in [0, 0.05) is 17.6 Å². The average Bonchev–Trinajstić information content (AvgIpc) is 2.92. The van der Waals surface area contributed by atoms with Crippen molar-refractivity contribution < 1.29 is 19.1 Å². The number of imide groups is 1. The molecule has 1 aromatic heterocycles. The number of benzene rings is 1. The molecule has 0 unspecified atom stereocenters. The van der Waals surface area contributed by atoms with Gasteiger partial charge in [-0.05, 0) is 19.4 Å². The maximum absolute atomic E-state index is 11.9. The number of thiazole rings is 1. The van der Waals surface area contributed by atoms with Crippen LogP contribution in [0.1, 0.15) is 18.2 Å². The second-order valence-electron chi connectivity index (χ2n) is 5.52. The number of aromatic nitrogens is 1. The van der Waals surface area contributed by atoms with Crippen molar-refractivity contribution in [3.05, 3.63) is 56.6 Å². The van der Waals surface area contributed by atoms with Gasteiger partial charge in [-0.1, -0.05) is 41.7 Å². The number of esters is 1. The van der Waals surface area contributed by atoms with Crippen LogP contribution in [-0.2, 0) is 27.4 Å². The lowest BCUT2D eigenvalue weighted by atomic mass is 10.2. The lowest BCUT2D eigenvalue weighted by molar-refractivity contribution is -0.155. The lowest BCUT2D eigenvalue weighted by Crippen LogP contribution is -2.44. The van der Waals surface area contributed by atoms with E-state index >= 15 is 0 Å². The van der Waals surface area contributed by atoms with Crippen LogP contribution in [0.15, 0.2) is 40.5 Å². The third-order valence-corrected chi connectivity index (χ3v) is 4.35. The number of nitrogens with zero attached hydrogens (tertiary/aromatic N) is 1. The summed E-state index contributed by atoms with van der Waals surface area (Å²) in [4.78, 5) is 46.8. The molecule has 2 N–H and O–H groups in total. The first-order chi connectivity index (χ1) is 12.4. The van der Waals surface area contributed by atoms with Crippen LogP contribution in [0, 0.1) is 6.92 Å². The Balaban J connectivity index is 1.78.